The molecule has 0 radical (unpaired) electrons. The Morgan fingerprint density at radius 2 is 1.85 bits per heavy atom. The van der Waals surface area contributed by atoms with E-state index in [0.717, 1.165) is 0 Å². The summed E-state index contributed by atoms with van der Waals surface area (Å²) < 4.78 is 0. The summed E-state index contributed by atoms with van der Waals surface area (Å²) in [6.45, 7) is 1.93. The molecular formula is C7H12N2O4. The Labute approximate surface area is 75.3 Å². The second kappa shape index (κ2) is 5.13. The molecule has 6 nitrogen and oxygen atoms in total. The highest BCUT2D eigenvalue weighted by atomic mass is 16.4. The molecule has 0 aliphatic rings. The zero-order valence-corrected chi connectivity index (χ0v) is 7.46. The average molecular weight is 188 g/mol. The smallest absolute Gasteiger partial charge is 0.325 e. The third kappa shape index (κ3) is 3.10. The number of amides is 2. The molecule has 0 fully saturated rings. The zero-order chi connectivity index (χ0) is 10.4. The molecule has 0 bridgehead atoms. The summed E-state index contributed by atoms with van der Waals surface area (Å²) in [7, 11) is 1.28. The van der Waals surface area contributed by atoms with Crippen LogP contribution < -0.4 is 10.6 Å². The third-order valence-corrected chi connectivity index (χ3v) is 1.37. The molecule has 0 aromatic rings. The molecule has 0 saturated carbocycles. The minimum atomic E-state index is -1.66. The molecule has 0 aliphatic heterocycles. The van der Waals surface area contributed by atoms with E-state index in [1.807, 2.05) is 0 Å². The summed E-state index contributed by atoms with van der Waals surface area (Å²) in [6, 6.07) is 0. The summed E-state index contributed by atoms with van der Waals surface area (Å²) in [5.74, 6) is -4.73. The van der Waals surface area contributed by atoms with Crippen molar-refractivity contribution in [2.75, 3.05) is 13.6 Å². The summed E-state index contributed by atoms with van der Waals surface area (Å²) in [5, 5.41) is 12.9. The number of aliphatic carboxylic acids is 1. The van der Waals surface area contributed by atoms with Crippen LogP contribution in [0.15, 0.2) is 0 Å². The maximum atomic E-state index is 11.0. The summed E-state index contributed by atoms with van der Waals surface area (Å²) in [6.07, 6.45) is 0. The standard InChI is InChI=1S/C7H12N2O4/c1-3-9-6(11)4(7(12)13)5(10)8-2/h4H,3H2,1-2H3,(H,8,10)(H,9,11)(H,12,13). The Morgan fingerprint density at radius 1 is 1.31 bits per heavy atom. The van der Waals surface area contributed by atoms with Crippen LogP contribution in [0.3, 0.4) is 0 Å². The molecule has 13 heavy (non-hydrogen) atoms. The lowest BCUT2D eigenvalue weighted by Gasteiger charge is -2.09. The van der Waals surface area contributed by atoms with Crippen LogP contribution in [0.2, 0.25) is 0 Å². The van der Waals surface area contributed by atoms with Crippen LogP contribution in [0.25, 0.3) is 0 Å². The Hall–Kier alpha value is -1.59. The predicted molar refractivity (Wildman–Crippen MR) is 43.9 cm³/mol. The Bertz CT molecular complexity index is 227. The first kappa shape index (κ1) is 11.4. The second-order valence-corrected chi connectivity index (χ2v) is 2.28. The number of hydrogen-bond acceptors (Lipinski definition) is 3. The predicted octanol–water partition coefficient (Wildman–Crippen LogP) is -1.43. The van der Waals surface area contributed by atoms with E-state index in [1.165, 1.54) is 7.05 Å². The van der Waals surface area contributed by atoms with E-state index in [-0.39, 0.29) is 0 Å². The second-order valence-electron chi connectivity index (χ2n) is 2.28. The van der Waals surface area contributed by atoms with Crippen molar-refractivity contribution in [3.63, 3.8) is 0 Å². The molecular weight excluding hydrogens is 176 g/mol. The maximum absolute atomic E-state index is 11.0. The van der Waals surface area contributed by atoms with Crippen LogP contribution >= 0.6 is 0 Å². The molecule has 3 N–H and O–H groups in total. The van der Waals surface area contributed by atoms with Crippen molar-refractivity contribution in [3.05, 3.63) is 0 Å². The van der Waals surface area contributed by atoms with E-state index in [0.29, 0.717) is 6.54 Å². The lowest BCUT2D eigenvalue weighted by molar-refractivity contribution is -0.151. The molecule has 0 aromatic heterocycles. The molecule has 6 heteroatoms. The van der Waals surface area contributed by atoms with Gasteiger partial charge in [-0.25, -0.2) is 0 Å². The molecule has 74 valence electrons. The molecule has 0 heterocycles. The monoisotopic (exact) mass is 188 g/mol. The van der Waals surface area contributed by atoms with Crippen molar-refractivity contribution in [1.82, 2.24) is 10.6 Å². The largest absolute Gasteiger partial charge is 0.480 e. The van der Waals surface area contributed by atoms with E-state index in [9.17, 15) is 14.4 Å². The van der Waals surface area contributed by atoms with Gasteiger partial charge in [0.25, 0.3) is 0 Å². The lowest BCUT2D eigenvalue weighted by Crippen LogP contribution is -2.44. The van der Waals surface area contributed by atoms with E-state index in [1.54, 1.807) is 6.92 Å². The maximum Gasteiger partial charge on any atom is 0.325 e. The number of nitrogens with one attached hydrogen (secondary N) is 2. The quantitative estimate of drug-likeness (QED) is 0.471. The summed E-state index contributed by atoms with van der Waals surface area (Å²) in [4.78, 5) is 32.4. The highest BCUT2D eigenvalue weighted by Crippen LogP contribution is 1.96. The molecule has 0 saturated heterocycles. The number of hydrogen-bond donors (Lipinski definition) is 3. The normalized spacial score (nSPS) is 11.5. The van der Waals surface area contributed by atoms with E-state index in [4.69, 9.17) is 5.11 Å². The molecule has 1 atom stereocenters. The van der Waals surface area contributed by atoms with Crippen LogP contribution in [-0.4, -0.2) is 36.5 Å². The van der Waals surface area contributed by atoms with Crippen molar-refractivity contribution in [2.24, 2.45) is 5.92 Å². The van der Waals surface area contributed by atoms with Crippen LogP contribution in [0, 0.1) is 5.92 Å². The van der Waals surface area contributed by atoms with Gasteiger partial charge in [-0.2, -0.15) is 0 Å². The van der Waals surface area contributed by atoms with Gasteiger partial charge in [0.1, 0.15) is 0 Å². The molecule has 2 amide bonds. The lowest BCUT2D eigenvalue weighted by atomic mass is 10.1. The highest BCUT2D eigenvalue weighted by Gasteiger charge is 2.32. The van der Waals surface area contributed by atoms with Crippen LogP contribution in [0.4, 0.5) is 0 Å². The van der Waals surface area contributed by atoms with Gasteiger partial charge in [-0.05, 0) is 6.92 Å². The molecule has 0 aromatic carbocycles. The van der Waals surface area contributed by atoms with Crippen LogP contribution in [-0.2, 0) is 14.4 Å². The fourth-order valence-corrected chi connectivity index (χ4v) is 0.764. The number of carboxylic acids is 1. The molecule has 0 aliphatic carbocycles. The van der Waals surface area contributed by atoms with E-state index in [2.05, 4.69) is 10.6 Å². The van der Waals surface area contributed by atoms with Crippen molar-refractivity contribution in [2.45, 2.75) is 6.92 Å². The minimum absolute atomic E-state index is 0.291. The van der Waals surface area contributed by atoms with E-state index < -0.39 is 23.7 Å². The van der Waals surface area contributed by atoms with Gasteiger partial charge in [0.2, 0.25) is 17.7 Å². The number of carbonyl (C=O) groups is 3. The summed E-state index contributed by atoms with van der Waals surface area (Å²) in [5.41, 5.74) is 0. The Kier molecular flexibility index (Phi) is 4.50. The number of carboxylic acid groups (broad SMARTS) is 1. The first-order valence-corrected chi connectivity index (χ1v) is 3.76. The van der Waals surface area contributed by atoms with Gasteiger partial charge in [0, 0.05) is 13.6 Å². The Morgan fingerprint density at radius 3 is 2.15 bits per heavy atom. The highest BCUT2D eigenvalue weighted by molar-refractivity contribution is 6.15. The summed E-state index contributed by atoms with van der Waals surface area (Å²) >= 11 is 0. The average Bonchev–Trinajstić information content (AvgIpc) is 2.04. The van der Waals surface area contributed by atoms with Gasteiger partial charge in [0.05, 0.1) is 0 Å². The molecule has 0 spiro atoms. The number of rotatable bonds is 4. The SMILES string of the molecule is CCNC(=O)C(C(=O)O)C(=O)NC. The van der Waals surface area contributed by atoms with Gasteiger partial charge in [-0.3, -0.25) is 14.4 Å². The van der Waals surface area contributed by atoms with Gasteiger partial charge < -0.3 is 15.7 Å². The van der Waals surface area contributed by atoms with Crippen molar-refractivity contribution < 1.29 is 19.5 Å². The van der Waals surface area contributed by atoms with Crippen LogP contribution in [0.1, 0.15) is 6.92 Å². The van der Waals surface area contributed by atoms with Crippen molar-refractivity contribution in [3.8, 4) is 0 Å². The van der Waals surface area contributed by atoms with Crippen molar-refractivity contribution in [1.29, 1.82) is 0 Å². The molecule has 1 unspecified atom stereocenters. The number of carbonyl (C=O) groups excluding carboxylic acids is 2. The zero-order valence-electron chi connectivity index (χ0n) is 7.46. The fraction of sp³-hybridized carbons (Fsp3) is 0.571. The van der Waals surface area contributed by atoms with Gasteiger partial charge >= 0.3 is 5.97 Å². The topological polar surface area (TPSA) is 95.5 Å². The first-order valence-electron chi connectivity index (χ1n) is 3.76. The van der Waals surface area contributed by atoms with Crippen molar-refractivity contribution >= 4 is 17.8 Å². The third-order valence-electron chi connectivity index (χ3n) is 1.37. The van der Waals surface area contributed by atoms with Gasteiger partial charge in [0.15, 0.2) is 0 Å². The fourth-order valence-electron chi connectivity index (χ4n) is 0.764. The van der Waals surface area contributed by atoms with Gasteiger partial charge in [-0.15, -0.1) is 0 Å². The first-order chi connectivity index (χ1) is 6.04. The molecule has 0 rings (SSSR count). The van der Waals surface area contributed by atoms with Crippen LogP contribution in [0.5, 0.6) is 0 Å². The Balaban J connectivity index is 4.51. The van der Waals surface area contributed by atoms with E-state index >= 15 is 0 Å². The van der Waals surface area contributed by atoms with Gasteiger partial charge in [-0.1, -0.05) is 0 Å². The minimum Gasteiger partial charge on any atom is -0.480 e.